The number of aryl methyl sites for hydroxylation is 2. The first kappa shape index (κ1) is 26.7. The molecule has 0 aliphatic rings. The first-order valence-electron chi connectivity index (χ1n) is 13.8. The SMILES string of the molecule is CC(=Nc1c(C)cccc1C)c1ccc2ccc3ccc(-c4cc(C(C)(C)C)cc(C(C)(C)C)c4)nc3c2n1. The molecule has 3 nitrogen and oxygen atoms in total. The molecule has 0 fully saturated rings. The van der Waals surface area contributed by atoms with Gasteiger partial charge < -0.3 is 0 Å². The van der Waals surface area contributed by atoms with Gasteiger partial charge in [0.25, 0.3) is 0 Å². The Morgan fingerprint density at radius 1 is 0.641 bits per heavy atom. The second-order valence-electron chi connectivity index (χ2n) is 12.8. The quantitative estimate of drug-likeness (QED) is 0.178. The Hall–Kier alpha value is -3.85. The van der Waals surface area contributed by atoms with Crippen LogP contribution in [0.25, 0.3) is 33.1 Å². The molecule has 3 heteroatoms. The van der Waals surface area contributed by atoms with Crippen molar-refractivity contribution in [3.8, 4) is 11.3 Å². The largest absolute Gasteiger partial charge is 0.251 e. The monoisotopic (exact) mass is 513 g/mol. The summed E-state index contributed by atoms with van der Waals surface area (Å²) in [5.41, 5.74) is 11.8. The number of pyridine rings is 2. The zero-order valence-corrected chi connectivity index (χ0v) is 24.8. The average Bonchev–Trinajstić information content (AvgIpc) is 2.88. The van der Waals surface area contributed by atoms with Crippen LogP contribution in [0.2, 0.25) is 0 Å². The molecule has 3 aromatic carbocycles. The standard InChI is InChI=1S/C36H39N3/c1-22-11-10-12-23(2)32(22)37-24(3)30-17-15-25-13-14-26-16-18-31(39-34(26)33(25)38-30)27-19-28(35(4,5)6)21-29(20-27)36(7,8)9/h10-21H,1-9H3. The molecule has 198 valence electrons. The van der Waals surface area contributed by atoms with E-state index in [9.17, 15) is 0 Å². The molecule has 5 aromatic rings. The zero-order chi connectivity index (χ0) is 28.1. The van der Waals surface area contributed by atoms with Crippen LogP contribution in [0, 0.1) is 13.8 Å². The summed E-state index contributed by atoms with van der Waals surface area (Å²) in [6.45, 7) is 19.9. The minimum Gasteiger partial charge on any atom is -0.251 e. The van der Waals surface area contributed by atoms with Crippen LogP contribution in [0.4, 0.5) is 5.69 Å². The maximum Gasteiger partial charge on any atom is 0.0972 e. The Kier molecular flexibility index (Phi) is 6.66. The van der Waals surface area contributed by atoms with E-state index in [-0.39, 0.29) is 10.8 Å². The van der Waals surface area contributed by atoms with Crippen LogP contribution in [0.3, 0.4) is 0 Å². The molecule has 39 heavy (non-hydrogen) atoms. The Morgan fingerprint density at radius 2 is 1.15 bits per heavy atom. The third-order valence-electron chi connectivity index (χ3n) is 7.57. The molecule has 0 aliphatic heterocycles. The van der Waals surface area contributed by atoms with Gasteiger partial charge in [0.2, 0.25) is 0 Å². The van der Waals surface area contributed by atoms with Crippen molar-refractivity contribution in [2.45, 2.75) is 73.1 Å². The molecule has 0 aliphatic carbocycles. The van der Waals surface area contributed by atoms with Crippen molar-refractivity contribution in [2.75, 3.05) is 0 Å². The lowest BCUT2D eigenvalue weighted by Crippen LogP contribution is -2.16. The van der Waals surface area contributed by atoms with Gasteiger partial charge in [-0.2, -0.15) is 0 Å². The van der Waals surface area contributed by atoms with Crippen LogP contribution in [0.15, 0.2) is 77.8 Å². The third-order valence-corrected chi connectivity index (χ3v) is 7.57. The van der Waals surface area contributed by atoms with Gasteiger partial charge in [-0.1, -0.05) is 90.1 Å². The van der Waals surface area contributed by atoms with Gasteiger partial charge in [-0.3, -0.25) is 4.99 Å². The van der Waals surface area contributed by atoms with Crippen LogP contribution in [0.5, 0.6) is 0 Å². The van der Waals surface area contributed by atoms with E-state index in [1.165, 1.54) is 22.3 Å². The van der Waals surface area contributed by atoms with Gasteiger partial charge in [0.15, 0.2) is 0 Å². The Morgan fingerprint density at radius 3 is 1.72 bits per heavy atom. The second-order valence-corrected chi connectivity index (χ2v) is 12.8. The van der Waals surface area contributed by atoms with Crippen molar-refractivity contribution in [3.05, 3.63) is 101 Å². The fourth-order valence-corrected chi connectivity index (χ4v) is 4.98. The first-order chi connectivity index (χ1) is 18.3. The lowest BCUT2D eigenvalue weighted by atomic mass is 9.79. The minimum atomic E-state index is 0.0440. The number of hydrogen-bond donors (Lipinski definition) is 0. The molecule has 0 saturated heterocycles. The second kappa shape index (κ2) is 9.72. The van der Waals surface area contributed by atoms with E-state index < -0.39 is 0 Å². The van der Waals surface area contributed by atoms with Crippen LogP contribution in [-0.2, 0) is 10.8 Å². The smallest absolute Gasteiger partial charge is 0.0972 e. The Labute approximate surface area is 233 Å². The number of fused-ring (bicyclic) bond motifs is 3. The van der Waals surface area contributed by atoms with Crippen molar-refractivity contribution in [1.82, 2.24) is 9.97 Å². The zero-order valence-electron chi connectivity index (χ0n) is 24.8. The third kappa shape index (κ3) is 5.36. The molecule has 0 saturated carbocycles. The van der Waals surface area contributed by atoms with Crippen molar-refractivity contribution < 1.29 is 0 Å². The number of nitrogens with zero attached hydrogens (tertiary/aromatic N) is 3. The van der Waals surface area contributed by atoms with Crippen LogP contribution < -0.4 is 0 Å². The molecule has 5 rings (SSSR count). The normalized spacial score (nSPS) is 12.9. The number of aromatic nitrogens is 2. The highest BCUT2D eigenvalue weighted by molar-refractivity contribution is 6.06. The summed E-state index contributed by atoms with van der Waals surface area (Å²) >= 11 is 0. The lowest BCUT2D eigenvalue weighted by molar-refractivity contribution is 0.569. The molecule has 0 bridgehead atoms. The predicted octanol–water partition coefficient (Wildman–Crippen LogP) is 9.80. The van der Waals surface area contributed by atoms with Gasteiger partial charge in [0.05, 0.1) is 33.8 Å². The maximum absolute atomic E-state index is 5.23. The van der Waals surface area contributed by atoms with Gasteiger partial charge in [0.1, 0.15) is 0 Å². The fourth-order valence-electron chi connectivity index (χ4n) is 4.98. The van der Waals surface area contributed by atoms with Crippen molar-refractivity contribution in [3.63, 3.8) is 0 Å². The summed E-state index contributed by atoms with van der Waals surface area (Å²) in [7, 11) is 0. The number of benzene rings is 3. The summed E-state index contributed by atoms with van der Waals surface area (Å²) in [4.78, 5) is 15.3. The molecule has 2 heterocycles. The molecule has 0 spiro atoms. The first-order valence-corrected chi connectivity index (χ1v) is 13.8. The lowest BCUT2D eigenvalue weighted by Gasteiger charge is -2.26. The van der Waals surface area contributed by atoms with Gasteiger partial charge in [0, 0.05) is 16.3 Å². The van der Waals surface area contributed by atoms with E-state index in [0.717, 1.165) is 50.2 Å². The molecule has 0 N–H and O–H groups in total. The van der Waals surface area contributed by atoms with E-state index in [4.69, 9.17) is 15.0 Å². The predicted molar refractivity (Wildman–Crippen MR) is 168 cm³/mol. The molecule has 0 atom stereocenters. The molecule has 2 aromatic heterocycles. The van der Waals surface area contributed by atoms with E-state index in [1.807, 2.05) is 6.92 Å². The molecule has 0 amide bonds. The van der Waals surface area contributed by atoms with Gasteiger partial charge >= 0.3 is 0 Å². The summed E-state index contributed by atoms with van der Waals surface area (Å²) < 4.78 is 0. The maximum atomic E-state index is 5.23. The van der Waals surface area contributed by atoms with Crippen LogP contribution in [0.1, 0.15) is 76.4 Å². The Bertz CT molecular complexity index is 1690. The summed E-state index contributed by atoms with van der Waals surface area (Å²) in [5, 5.41) is 2.16. The van der Waals surface area contributed by atoms with Crippen LogP contribution in [-0.4, -0.2) is 15.7 Å². The highest BCUT2D eigenvalue weighted by atomic mass is 14.8. The molecular formula is C36H39N3. The van der Waals surface area contributed by atoms with E-state index in [1.54, 1.807) is 0 Å². The van der Waals surface area contributed by atoms with Gasteiger partial charge in [-0.05, 0) is 78.1 Å². The number of hydrogen-bond acceptors (Lipinski definition) is 3. The minimum absolute atomic E-state index is 0.0440. The van der Waals surface area contributed by atoms with Crippen molar-refractivity contribution >= 4 is 33.2 Å². The molecule has 0 unspecified atom stereocenters. The summed E-state index contributed by atoms with van der Waals surface area (Å²) in [6, 6.07) is 26.0. The summed E-state index contributed by atoms with van der Waals surface area (Å²) in [6.07, 6.45) is 0. The average molecular weight is 514 g/mol. The van der Waals surface area contributed by atoms with E-state index in [2.05, 4.69) is 128 Å². The highest BCUT2D eigenvalue weighted by Crippen LogP contribution is 2.35. The van der Waals surface area contributed by atoms with Crippen LogP contribution >= 0.6 is 0 Å². The van der Waals surface area contributed by atoms with Gasteiger partial charge in [-0.15, -0.1) is 0 Å². The topological polar surface area (TPSA) is 38.1 Å². The van der Waals surface area contributed by atoms with E-state index >= 15 is 0 Å². The van der Waals surface area contributed by atoms with Crippen molar-refractivity contribution in [2.24, 2.45) is 4.99 Å². The fraction of sp³-hybridized carbons (Fsp3) is 0.306. The summed E-state index contributed by atoms with van der Waals surface area (Å²) in [5.74, 6) is 0. The molecular weight excluding hydrogens is 474 g/mol. The van der Waals surface area contributed by atoms with Crippen molar-refractivity contribution in [1.29, 1.82) is 0 Å². The Balaban J connectivity index is 1.68. The highest BCUT2D eigenvalue weighted by Gasteiger charge is 2.21. The molecule has 0 radical (unpaired) electrons. The number of para-hydroxylation sites is 1. The number of aliphatic imine (C=N–C) groups is 1. The van der Waals surface area contributed by atoms with E-state index in [0.29, 0.717) is 0 Å². The number of rotatable bonds is 3. The van der Waals surface area contributed by atoms with Gasteiger partial charge in [-0.25, -0.2) is 9.97 Å².